The fraction of sp³-hybridized carbons (Fsp3) is 0.250. The first-order chi connectivity index (χ1) is 12.7. The predicted octanol–water partition coefficient (Wildman–Crippen LogP) is 3.52. The molecule has 6 nitrogen and oxygen atoms in total. The minimum atomic E-state index is -0.140. The number of fused-ring (bicyclic) bond motifs is 1. The Hall–Kier alpha value is -3.33. The molecular formula is C20H20N4O2. The lowest BCUT2D eigenvalue weighted by Gasteiger charge is -2.21. The second kappa shape index (κ2) is 8.17. The molecule has 2 heterocycles. The van der Waals surface area contributed by atoms with Crippen LogP contribution in [0, 0.1) is 11.3 Å². The summed E-state index contributed by atoms with van der Waals surface area (Å²) >= 11 is 0. The van der Waals surface area contributed by atoms with Gasteiger partial charge in [-0.1, -0.05) is 6.07 Å². The van der Waals surface area contributed by atoms with Gasteiger partial charge >= 0.3 is 0 Å². The van der Waals surface area contributed by atoms with E-state index >= 15 is 0 Å². The molecule has 0 unspecified atom stereocenters. The number of pyridine rings is 1. The standard InChI is InChI=1S/C20H20N4O2/c1-2-26-17-7-6-16-11-19(23-18(16)12-17)20(25)24(10-4-8-21)14-15-5-3-9-22-13-15/h3,5-7,9,11-13,23H,2,4,10,14H2,1H3. The maximum atomic E-state index is 13.0. The number of hydrogen-bond donors (Lipinski definition) is 1. The van der Waals surface area contributed by atoms with Gasteiger partial charge < -0.3 is 14.6 Å². The maximum Gasteiger partial charge on any atom is 0.270 e. The number of aromatic amines is 1. The van der Waals surface area contributed by atoms with Gasteiger partial charge in [-0.2, -0.15) is 5.26 Å². The number of rotatable bonds is 7. The summed E-state index contributed by atoms with van der Waals surface area (Å²) in [7, 11) is 0. The Labute approximate surface area is 152 Å². The molecule has 0 bridgehead atoms. The molecule has 0 saturated heterocycles. The van der Waals surface area contributed by atoms with Gasteiger partial charge in [0.1, 0.15) is 11.4 Å². The van der Waals surface area contributed by atoms with Crippen molar-refractivity contribution < 1.29 is 9.53 Å². The quantitative estimate of drug-likeness (QED) is 0.708. The van der Waals surface area contributed by atoms with Crippen LogP contribution in [-0.2, 0) is 6.54 Å². The molecule has 0 atom stereocenters. The van der Waals surface area contributed by atoms with E-state index in [9.17, 15) is 4.79 Å². The number of carbonyl (C=O) groups excluding carboxylic acids is 1. The molecule has 0 fully saturated rings. The molecule has 0 radical (unpaired) electrons. The van der Waals surface area contributed by atoms with Crippen LogP contribution >= 0.6 is 0 Å². The van der Waals surface area contributed by atoms with Crippen molar-refractivity contribution in [1.82, 2.24) is 14.9 Å². The van der Waals surface area contributed by atoms with E-state index in [0.717, 1.165) is 22.2 Å². The average Bonchev–Trinajstić information content (AvgIpc) is 3.09. The van der Waals surface area contributed by atoms with Crippen molar-refractivity contribution in [2.45, 2.75) is 19.9 Å². The van der Waals surface area contributed by atoms with Gasteiger partial charge in [-0.15, -0.1) is 0 Å². The van der Waals surface area contributed by atoms with Crippen LogP contribution in [0.4, 0.5) is 0 Å². The van der Waals surface area contributed by atoms with E-state index < -0.39 is 0 Å². The highest BCUT2D eigenvalue weighted by atomic mass is 16.5. The smallest absolute Gasteiger partial charge is 0.270 e. The van der Waals surface area contributed by atoms with Crippen molar-refractivity contribution in [3.05, 3.63) is 60.0 Å². The van der Waals surface area contributed by atoms with Gasteiger partial charge in [-0.3, -0.25) is 9.78 Å². The lowest BCUT2D eigenvalue weighted by molar-refractivity contribution is 0.0742. The van der Waals surface area contributed by atoms with E-state index in [1.807, 2.05) is 43.3 Å². The molecule has 1 aromatic carbocycles. The first kappa shape index (κ1) is 17.5. The Morgan fingerprint density at radius 3 is 2.96 bits per heavy atom. The maximum absolute atomic E-state index is 13.0. The molecule has 3 aromatic rings. The summed E-state index contributed by atoms with van der Waals surface area (Å²) in [6, 6.07) is 13.4. The summed E-state index contributed by atoms with van der Waals surface area (Å²) in [6.45, 7) is 3.29. The highest BCUT2D eigenvalue weighted by molar-refractivity contribution is 5.98. The molecule has 6 heteroatoms. The number of carbonyl (C=O) groups is 1. The molecule has 0 aliphatic rings. The first-order valence-electron chi connectivity index (χ1n) is 8.52. The summed E-state index contributed by atoms with van der Waals surface area (Å²) in [5.41, 5.74) is 2.27. The third kappa shape index (κ3) is 4.01. The molecule has 132 valence electrons. The minimum Gasteiger partial charge on any atom is -0.494 e. The van der Waals surface area contributed by atoms with E-state index in [-0.39, 0.29) is 12.3 Å². The summed E-state index contributed by atoms with van der Waals surface area (Å²) in [5, 5.41) is 9.85. The zero-order valence-corrected chi connectivity index (χ0v) is 14.6. The Bertz CT molecular complexity index is 928. The van der Waals surface area contributed by atoms with Gasteiger partial charge in [0.25, 0.3) is 5.91 Å². The van der Waals surface area contributed by atoms with Crippen LogP contribution in [0.1, 0.15) is 29.4 Å². The summed E-state index contributed by atoms with van der Waals surface area (Å²) in [4.78, 5) is 21.9. The van der Waals surface area contributed by atoms with Gasteiger partial charge in [-0.25, -0.2) is 0 Å². The van der Waals surface area contributed by atoms with Crippen LogP contribution in [0.15, 0.2) is 48.8 Å². The highest BCUT2D eigenvalue weighted by Crippen LogP contribution is 2.22. The van der Waals surface area contributed by atoms with Gasteiger partial charge in [0, 0.05) is 42.5 Å². The number of ether oxygens (including phenoxy) is 1. The van der Waals surface area contributed by atoms with Crippen LogP contribution in [0.25, 0.3) is 10.9 Å². The van der Waals surface area contributed by atoms with Gasteiger partial charge in [0.2, 0.25) is 0 Å². The summed E-state index contributed by atoms with van der Waals surface area (Å²) in [6.07, 6.45) is 3.70. The lowest BCUT2D eigenvalue weighted by atomic mass is 10.2. The summed E-state index contributed by atoms with van der Waals surface area (Å²) in [5.74, 6) is 0.621. The van der Waals surface area contributed by atoms with Crippen molar-refractivity contribution in [1.29, 1.82) is 5.26 Å². The normalized spacial score (nSPS) is 10.5. The fourth-order valence-electron chi connectivity index (χ4n) is 2.80. The van der Waals surface area contributed by atoms with Crippen LogP contribution in [0.3, 0.4) is 0 Å². The summed E-state index contributed by atoms with van der Waals surface area (Å²) < 4.78 is 5.50. The van der Waals surface area contributed by atoms with Crippen molar-refractivity contribution in [3.8, 4) is 11.8 Å². The molecule has 26 heavy (non-hydrogen) atoms. The van der Waals surface area contributed by atoms with Crippen molar-refractivity contribution >= 4 is 16.8 Å². The van der Waals surface area contributed by atoms with Crippen LogP contribution < -0.4 is 4.74 Å². The topological polar surface area (TPSA) is 82.0 Å². The minimum absolute atomic E-state index is 0.140. The third-order valence-corrected chi connectivity index (χ3v) is 4.01. The number of H-pyrrole nitrogens is 1. The molecule has 0 saturated carbocycles. The Balaban J connectivity index is 1.85. The molecule has 0 aliphatic heterocycles. The zero-order chi connectivity index (χ0) is 18.4. The van der Waals surface area contributed by atoms with E-state index in [2.05, 4.69) is 16.0 Å². The van der Waals surface area contributed by atoms with Crippen molar-refractivity contribution in [2.24, 2.45) is 0 Å². The van der Waals surface area contributed by atoms with E-state index in [1.54, 1.807) is 17.3 Å². The van der Waals surface area contributed by atoms with Crippen LogP contribution in [0.5, 0.6) is 5.75 Å². The third-order valence-electron chi connectivity index (χ3n) is 4.01. The number of nitriles is 1. The largest absolute Gasteiger partial charge is 0.494 e. The number of aromatic nitrogens is 2. The monoisotopic (exact) mass is 348 g/mol. The molecule has 3 rings (SSSR count). The highest BCUT2D eigenvalue weighted by Gasteiger charge is 2.18. The molecule has 1 N–H and O–H groups in total. The molecule has 0 spiro atoms. The van der Waals surface area contributed by atoms with Crippen LogP contribution in [0.2, 0.25) is 0 Å². The van der Waals surface area contributed by atoms with Gasteiger partial charge in [0.15, 0.2) is 0 Å². The number of nitrogens with one attached hydrogen (secondary N) is 1. The number of hydrogen-bond acceptors (Lipinski definition) is 4. The zero-order valence-electron chi connectivity index (χ0n) is 14.6. The Kier molecular flexibility index (Phi) is 5.49. The second-order valence-corrected chi connectivity index (χ2v) is 5.86. The SMILES string of the molecule is CCOc1ccc2cc(C(=O)N(CCC#N)Cc3cccnc3)[nH]c2c1. The number of amides is 1. The molecular weight excluding hydrogens is 328 g/mol. The number of nitrogens with zero attached hydrogens (tertiary/aromatic N) is 3. The predicted molar refractivity (Wildman–Crippen MR) is 98.7 cm³/mol. The average molecular weight is 348 g/mol. The molecule has 2 aromatic heterocycles. The van der Waals surface area contributed by atoms with E-state index in [0.29, 0.717) is 25.4 Å². The lowest BCUT2D eigenvalue weighted by Crippen LogP contribution is -2.31. The Morgan fingerprint density at radius 2 is 2.23 bits per heavy atom. The van der Waals surface area contributed by atoms with Crippen molar-refractivity contribution in [3.63, 3.8) is 0 Å². The van der Waals surface area contributed by atoms with Crippen LogP contribution in [-0.4, -0.2) is 33.9 Å². The fourth-order valence-corrected chi connectivity index (χ4v) is 2.80. The van der Waals surface area contributed by atoms with E-state index in [1.165, 1.54) is 0 Å². The second-order valence-electron chi connectivity index (χ2n) is 5.86. The van der Waals surface area contributed by atoms with Gasteiger partial charge in [-0.05, 0) is 36.8 Å². The van der Waals surface area contributed by atoms with E-state index in [4.69, 9.17) is 10.00 Å². The van der Waals surface area contributed by atoms with Gasteiger partial charge in [0.05, 0.1) is 19.1 Å². The Morgan fingerprint density at radius 1 is 1.35 bits per heavy atom. The number of benzene rings is 1. The molecule has 1 amide bonds. The first-order valence-corrected chi connectivity index (χ1v) is 8.52. The molecule has 0 aliphatic carbocycles. The van der Waals surface area contributed by atoms with Crippen molar-refractivity contribution in [2.75, 3.05) is 13.2 Å².